The summed E-state index contributed by atoms with van der Waals surface area (Å²) in [5.41, 5.74) is 9.91. The molecule has 2 heteroatoms. The highest BCUT2D eigenvalue weighted by atomic mass is 15.0. The Bertz CT molecular complexity index is 3560. The van der Waals surface area contributed by atoms with Crippen LogP contribution in [0.25, 0.3) is 103 Å². The number of fused-ring (bicyclic) bond motifs is 9. The Kier molecular flexibility index (Phi) is 6.79. The van der Waals surface area contributed by atoms with Crippen molar-refractivity contribution in [2.45, 2.75) is 12.8 Å². The van der Waals surface area contributed by atoms with Gasteiger partial charge >= 0.3 is 0 Å². The average molecular weight is 713 g/mol. The molecule has 56 heavy (non-hydrogen) atoms. The summed E-state index contributed by atoms with van der Waals surface area (Å²) in [6.45, 7) is 0. The van der Waals surface area contributed by atoms with Gasteiger partial charge in [-0.3, -0.25) is 0 Å². The van der Waals surface area contributed by atoms with Crippen molar-refractivity contribution in [3.8, 4) is 0 Å². The van der Waals surface area contributed by atoms with Crippen molar-refractivity contribution in [1.82, 2.24) is 8.97 Å². The van der Waals surface area contributed by atoms with Gasteiger partial charge in [0.2, 0.25) is 0 Å². The normalized spacial score (nSPS) is 13.4. The Labute approximate surface area is 323 Å². The number of para-hydroxylation sites is 2. The molecule has 0 amide bonds. The fourth-order valence-corrected chi connectivity index (χ4v) is 9.63. The highest BCUT2D eigenvalue weighted by molar-refractivity contribution is 6.37. The summed E-state index contributed by atoms with van der Waals surface area (Å²) < 4.78 is 5.01. The zero-order chi connectivity index (χ0) is 36.7. The maximum Gasteiger partial charge on any atom is 0.0626 e. The molecule has 0 N–H and O–H groups in total. The van der Waals surface area contributed by atoms with Gasteiger partial charge in [-0.25, -0.2) is 0 Å². The van der Waals surface area contributed by atoms with E-state index in [1.165, 1.54) is 98.0 Å². The van der Waals surface area contributed by atoms with Crippen LogP contribution < -0.4 is 0 Å². The lowest BCUT2D eigenvalue weighted by molar-refractivity contribution is 0.988. The van der Waals surface area contributed by atoms with Gasteiger partial charge < -0.3 is 8.97 Å². The molecule has 1 aliphatic rings. The molecule has 0 spiro atoms. The van der Waals surface area contributed by atoms with Crippen molar-refractivity contribution in [3.63, 3.8) is 0 Å². The first kappa shape index (κ1) is 31.2. The first-order valence-corrected chi connectivity index (χ1v) is 19.6. The van der Waals surface area contributed by atoms with Crippen LogP contribution in [0.15, 0.2) is 194 Å². The predicted molar refractivity (Wildman–Crippen MR) is 241 cm³/mol. The highest BCUT2D eigenvalue weighted by Gasteiger charge is 2.19. The van der Waals surface area contributed by atoms with E-state index in [9.17, 15) is 0 Å². The monoisotopic (exact) mass is 712 g/mol. The number of aromatic nitrogens is 2. The Hall–Kier alpha value is -7.16. The van der Waals surface area contributed by atoms with E-state index in [1.807, 2.05) is 0 Å². The number of benzene rings is 9. The van der Waals surface area contributed by atoms with Crippen LogP contribution in [0.2, 0.25) is 0 Å². The van der Waals surface area contributed by atoms with Crippen molar-refractivity contribution in [2.75, 3.05) is 0 Å². The fourth-order valence-electron chi connectivity index (χ4n) is 9.63. The van der Waals surface area contributed by atoms with Crippen molar-refractivity contribution in [1.29, 1.82) is 0 Å². The lowest BCUT2D eigenvalue weighted by atomic mass is 9.92. The minimum Gasteiger partial charge on any atom is -0.314 e. The SMILES string of the molecule is C1=C(c2ccccc2)CCC(n2c3ccc(cc3)n3c4ccccc4c4c5c6ccccc6ccc5c5ccc(cc5c43)c3cccc(c3)c3ccccc32)=C1. The lowest BCUT2D eigenvalue weighted by Gasteiger charge is -2.20. The summed E-state index contributed by atoms with van der Waals surface area (Å²) in [5.74, 6) is 0. The Morgan fingerprint density at radius 3 is 1.86 bits per heavy atom. The molecule has 0 atom stereocenters. The Morgan fingerprint density at radius 1 is 0.357 bits per heavy atom. The molecular formula is C54H36N2. The third kappa shape index (κ3) is 4.63. The molecule has 262 valence electrons. The topological polar surface area (TPSA) is 9.34 Å². The zero-order valence-electron chi connectivity index (χ0n) is 30.8. The van der Waals surface area contributed by atoms with Crippen molar-refractivity contribution >= 4 is 103 Å². The first-order chi connectivity index (χ1) is 27.8. The molecule has 3 aromatic heterocycles. The molecule has 0 saturated carbocycles. The zero-order valence-corrected chi connectivity index (χ0v) is 30.8. The van der Waals surface area contributed by atoms with Crippen LogP contribution in [-0.2, 0) is 0 Å². The lowest BCUT2D eigenvalue weighted by Crippen LogP contribution is -2.03. The molecule has 13 rings (SSSR count). The molecule has 0 aliphatic heterocycles. The molecule has 9 aromatic carbocycles. The van der Waals surface area contributed by atoms with Gasteiger partial charge in [0.25, 0.3) is 0 Å². The predicted octanol–water partition coefficient (Wildman–Crippen LogP) is 14.8. The van der Waals surface area contributed by atoms with Crippen molar-refractivity contribution in [3.05, 3.63) is 200 Å². The number of allylic oxidation sites excluding steroid dienone is 4. The summed E-state index contributed by atoms with van der Waals surface area (Å²) in [4.78, 5) is 0. The second-order valence-corrected chi connectivity index (χ2v) is 15.2. The highest BCUT2D eigenvalue weighted by Crippen LogP contribution is 2.44. The second-order valence-electron chi connectivity index (χ2n) is 15.2. The second kappa shape index (κ2) is 12.2. The molecule has 6 bridgehead atoms. The Morgan fingerprint density at radius 2 is 1.02 bits per heavy atom. The smallest absolute Gasteiger partial charge is 0.0626 e. The van der Waals surface area contributed by atoms with Crippen LogP contribution in [0.3, 0.4) is 0 Å². The van der Waals surface area contributed by atoms with E-state index in [4.69, 9.17) is 0 Å². The third-order valence-electron chi connectivity index (χ3n) is 12.2. The van der Waals surface area contributed by atoms with E-state index in [0.717, 1.165) is 23.9 Å². The standard InChI is InChI=1S/C54H36N2/c1-2-11-35(12-3-1)36-21-25-41(26-22-36)55-42-27-29-43(30-28-42)56-51-20-9-7-18-48(51)53-52-45-17-5-4-13-37(45)23-32-47(52)46-31-24-39(34-49(46)54(53)56)38-14-10-15-40(33-38)44-16-6-8-19-50(44)55/h1-21,23-25,27-34H,22,26H2. The van der Waals surface area contributed by atoms with Gasteiger partial charge in [-0.2, -0.15) is 0 Å². The minimum absolute atomic E-state index is 0.939. The quantitative estimate of drug-likeness (QED) is 0.158. The van der Waals surface area contributed by atoms with Crippen molar-refractivity contribution in [2.24, 2.45) is 0 Å². The number of rotatable bonds is 2. The minimum atomic E-state index is 0.939. The summed E-state index contributed by atoms with van der Waals surface area (Å²) in [7, 11) is 0. The molecule has 0 radical (unpaired) electrons. The molecule has 0 fully saturated rings. The molecule has 12 aromatic rings. The summed E-state index contributed by atoms with van der Waals surface area (Å²) in [6.07, 6.45) is 6.59. The summed E-state index contributed by atoms with van der Waals surface area (Å²) in [5, 5.41) is 15.1. The van der Waals surface area contributed by atoms with Gasteiger partial charge in [-0.05, 0) is 116 Å². The summed E-state index contributed by atoms with van der Waals surface area (Å²) in [6, 6.07) is 67.7. The fraction of sp³-hybridized carbons (Fsp3) is 0.0370. The van der Waals surface area contributed by atoms with Crippen LogP contribution in [0.1, 0.15) is 18.4 Å². The van der Waals surface area contributed by atoms with E-state index in [-0.39, 0.29) is 0 Å². The summed E-state index contributed by atoms with van der Waals surface area (Å²) >= 11 is 0. The van der Waals surface area contributed by atoms with Crippen LogP contribution in [0.4, 0.5) is 0 Å². The van der Waals surface area contributed by atoms with Crippen LogP contribution in [0, 0.1) is 0 Å². The largest absolute Gasteiger partial charge is 0.314 e. The van der Waals surface area contributed by atoms with Gasteiger partial charge in [0.1, 0.15) is 0 Å². The Balaban J connectivity index is 1.30. The number of hydrogen-bond acceptors (Lipinski definition) is 0. The maximum absolute atomic E-state index is 2.52. The molecule has 2 nitrogen and oxygen atoms in total. The van der Waals surface area contributed by atoms with Gasteiger partial charge in [0.05, 0.1) is 16.6 Å². The van der Waals surface area contributed by atoms with E-state index < -0.39 is 0 Å². The molecule has 1 aliphatic carbocycles. The third-order valence-corrected chi connectivity index (χ3v) is 12.2. The number of nitrogens with zero attached hydrogens (tertiary/aromatic N) is 2. The van der Waals surface area contributed by atoms with Gasteiger partial charge in [0, 0.05) is 43.7 Å². The van der Waals surface area contributed by atoms with E-state index in [2.05, 4.69) is 203 Å². The maximum atomic E-state index is 2.52. The molecule has 3 heterocycles. The van der Waals surface area contributed by atoms with Crippen LogP contribution in [0.5, 0.6) is 0 Å². The van der Waals surface area contributed by atoms with Gasteiger partial charge in [0.15, 0.2) is 0 Å². The van der Waals surface area contributed by atoms with E-state index >= 15 is 0 Å². The molecule has 0 unspecified atom stereocenters. The van der Waals surface area contributed by atoms with Crippen LogP contribution >= 0.6 is 0 Å². The first-order valence-electron chi connectivity index (χ1n) is 19.6. The van der Waals surface area contributed by atoms with Gasteiger partial charge in [-0.1, -0.05) is 140 Å². The van der Waals surface area contributed by atoms with Crippen LogP contribution in [-0.4, -0.2) is 8.97 Å². The molecular weight excluding hydrogens is 677 g/mol. The number of hydrogen-bond donors (Lipinski definition) is 0. The van der Waals surface area contributed by atoms with E-state index in [1.54, 1.807) is 0 Å². The van der Waals surface area contributed by atoms with Gasteiger partial charge in [-0.15, -0.1) is 0 Å². The van der Waals surface area contributed by atoms with Crippen molar-refractivity contribution < 1.29 is 0 Å². The van der Waals surface area contributed by atoms with E-state index in [0.29, 0.717) is 0 Å². The molecule has 0 saturated heterocycles. The average Bonchev–Trinajstić information content (AvgIpc) is 3.62.